The number of rotatable bonds is 12. The van der Waals surface area contributed by atoms with Crippen LogP contribution in [0.15, 0.2) is 0 Å². The Morgan fingerprint density at radius 1 is 0.974 bits per heavy atom. The van der Waals surface area contributed by atoms with Gasteiger partial charge in [-0.25, -0.2) is 0 Å². The van der Waals surface area contributed by atoms with Crippen LogP contribution in [0.2, 0.25) is 0 Å². The van der Waals surface area contributed by atoms with Gasteiger partial charge < -0.3 is 4.74 Å². The highest BCUT2D eigenvalue weighted by Crippen LogP contribution is 2.64. The maximum Gasteiger partial charge on any atom is 0.306 e. The van der Waals surface area contributed by atoms with Gasteiger partial charge in [0.1, 0.15) is 11.9 Å². The molecule has 2 saturated carbocycles. The van der Waals surface area contributed by atoms with Crippen LogP contribution in [0, 0.1) is 29.1 Å². The van der Waals surface area contributed by atoms with Gasteiger partial charge in [0.05, 0.1) is 6.04 Å². The lowest BCUT2D eigenvalue weighted by atomic mass is 9.51. The van der Waals surface area contributed by atoms with E-state index in [1.165, 1.54) is 63.5 Å². The van der Waals surface area contributed by atoms with Gasteiger partial charge in [-0.1, -0.05) is 46.5 Å². The summed E-state index contributed by atoms with van der Waals surface area (Å²) in [5.41, 5.74) is 0.462. The van der Waals surface area contributed by atoms with Crippen LogP contribution in [0.3, 0.4) is 0 Å². The minimum Gasteiger partial charge on any atom is -0.462 e. The molecule has 0 radical (unpaired) electrons. The van der Waals surface area contributed by atoms with Crippen LogP contribution in [-0.2, 0) is 14.3 Å². The average molecular weight is 548 g/mol. The quantitative estimate of drug-likeness (QED) is 0.183. The summed E-state index contributed by atoms with van der Waals surface area (Å²) in [6, 6.07) is 0.0904. The highest BCUT2D eigenvalue weighted by Gasteiger charge is 2.61. The third-order valence-corrected chi connectivity index (χ3v) is 12.8. The summed E-state index contributed by atoms with van der Waals surface area (Å²) in [7, 11) is 0. The van der Waals surface area contributed by atoms with Crippen molar-refractivity contribution in [2.45, 2.75) is 154 Å². The molecule has 2 aliphatic carbocycles. The van der Waals surface area contributed by atoms with Gasteiger partial charge in [-0.15, -0.1) is 0 Å². The number of ketones is 1. The number of hydrogen-bond donors (Lipinski definition) is 0. The van der Waals surface area contributed by atoms with Crippen molar-refractivity contribution >= 4 is 23.5 Å². The summed E-state index contributed by atoms with van der Waals surface area (Å²) in [6.45, 7) is 14.9. The van der Waals surface area contributed by atoms with E-state index in [-0.39, 0.29) is 29.1 Å². The van der Waals surface area contributed by atoms with Crippen LogP contribution in [0.5, 0.6) is 0 Å². The van der Waals surface area contributed by atoms with E-state index in [9.17, 15) is 9.59 Å². The lowest BCUT2D eigenvalue weighted by Gasteiger charge is -2.62. The second-order valence-corrected chi connectivity index (χ2v) is 15.8. The zero-order chi connectivity index (χ0) is 27.5. The number of Topliss-reactive ketones (excluding diaryl/α,β-unsaturated/α-hetero) is 1. The molecule has 8 atom stereocenters. The fourth-order valence-electron chi connectivity index (χ4n) is 9.50. The second-order valence-electron chi connectivity index (χ2n) is 14.1. The fourth-order valence-corrected chi connectivity index (χ4v) is 10.3. The Bertz CT molecular complexity index is 816. The zero-order valence-corrected chi connectivity index (χ0v) is 26.3. The lowest BCUT2D eigenvalue weighted by Crippen LogP contribution is -2.67. The van der Waals surface area contributed by atoms with E-state index in [4.69, 9.17) is 4.74 Å². The summed E-state index contributed by atoms with van der Waals surface area (Å²) < 4.78 is 6.11. The molecular weight excluding hydrogens is 490 g/mol. The number of fused-ring (bicyclic) bond motifs is 5. The van der Waals surface area contributed by atoms with Crippen molar-refractivity contribution in [1.82, 2.24) is 4.90 Å². The van der Waals surface area contributed by atoms with Crippen molar-refractivity contribution in [3.05, 3.63) is 0 Å². The average Bonchev–Trinajstić information content (AvgIpc) is 3.22. The molecule has 5 heteroatoms. The third-order valence-electron chi connectivity index (χ3n) is 11.6. The monoisotopic (exact) mass is 547 g/mol. The first-order chi connectivity index (χ1) is 18.1. The summed E-state index contributed by atoms with van der Waals surface area (Å²) in [5.74, 6) is 4.42. The number of nitrogens with zero attached hydrogens (tertiary/aromatic N) is 1. The zero-order valence-electron chi connectivity index (χ0n) is 25.4. The van der Waals surface area contributed by atoms with Crippen molar-refractivity contribution < 1.29 is 14.3 Å². The Morgan fingerprint density at radius 3 is 2.42 bits per heavy atom. The number of carbonyl (C=O) groups excluding carboxylic acids is 2. The van der Waals surface area contributed by atoms with Gasteiger partial charge in [-0.05, 0) is 113 Å². The minimum atomic E-state index is 0.0215. The third kappa shape index (κ3) is 6.34. The first-order valence-corrected chi connectivity index (χ1v) is 17.2. The second kappa shape index (κ2) is 13.0. The summed E-state index contributed by atoms with van der Waals surface area (Å²) >= 11 is 2.06. The smallest absolute Gasteiger partial charge is 0.306 e. The highest BCUT2D eigenvalue weighted by molar-refractivity contribution is 7.99. The van der Waals surface area contributed by atoms with Crippen molar-refractivity contribution in [2.24, 2.45) is 29.1 Å². The van der Waals surface area contributed by atoms with Crippen molar-refractivity contribution in [2.75, 3.05) is 12.3 Å². The van der Waals surface area contributed by atoms with Gasteiger partial charge in [-0.2, -0.15) is 11.8 Å². The number of piperidine rings is 2. The number of hydrogen-bond acceptors (Lipinski definition) is 5. The molecule has 0 bridgehead atoms. The van der Waals surface area contributed by atoms with Crippen LogP contribution >= 0.6 is 11.8 Å². The Morgan fingerprint density at radius 2 is 1.68 bits per heavy atom. The molecule has 4 aliphatic rings. The number of thioether (sulfide) groups is 1. The SMILES string of the molecule is CC(C)SCCCCCCCCC(=O)OC(C)[C@H]1CC[C@H]2[C@@H]3CCN4C(C)C(=O)CC[C@]4(C)[C@H]3CC[C@]12C. The molecule has 4 fully saturated rings. The summed E-state index contributed by atoms with van der Waals surface area (Å²) in [5, 5.41) is 0.742. The van der Waals surface area contributed by atoms with Crippen LogP contribution in [0.1, 0.15) is 131 Å². The molecule has 218 valence electrons. The summed E-state index contributed by atoms with van der Waals surface area (Å²) in [6.07, 6.45) is 15.9. The molecule has 2 heterocycles. The number of unbranched alkanes of at least 4 members (excludes halogenated alkanes) is 5. The maximum absolute atomic E-state index is 12.7. The van der Waals surface area contributed by atoms with Gasteiger partial charge in [0.2, 0.25) is 0 Å². The molecule has 0 amide bonds. The van der Waals surface area contributed by atoms with Gasteiger partial charge in [0, 0.05) is 24.3 Å². The molecule has 0 aromatic carbocycles. The lowest BCUT2D eigenvalue weighted by molar-refractivity contribution is -0.162. The van der Waals surface area contributed by atoms with E-state index in [1.807, 2.05) is 0 Å². The predicted octanol–water partition coefficient (Wildman–Crippen LogP) is 8.06. The van der Waals surface area contributed by atoms with E-state index >= 15 is 0 Å². The van der Waals surface area contributed by atoms with Crippen molar-refractivity contribution in [3.63, 3.8) is 0 Å². The molecule has 0 aromatic rings. The van der Waals surface area contributed by atoms with E-state index in [2.05, 4.69) is 58.2 Å². The van der Waals surface area contributed by atoms with Gasteiger partial charge in [-0.3, -0.25) is 14.5 Å². The molecule has 2 unspecified atom stereocenters. The Balaban J connectivity index is 1.22. The Hall–Kier alpha value is -0.550. The molecule has 0 spiro atoms. The van der Waals surface area contributed by atoms with Gasteiger partial charge in [0.25, 0.3) is 0 Å². The first-order valence-electron chi connectivity index (χ1n) is 16.2. The fraction of sp³-hybridized carbons (Fsp3) is 0.939. The van der Waals surface area contributed by atoms with Crippen LogP contribution in [0.25, 0.3) is 0 Å². The largest absolute Gasteiger partial charge is 0.462 e. The van der Waals surface area contributed by atoms with Gasteiger partial charge >= 0.3 is 5.97 Å². The number of carbonyl (C=O) groups is 2. The summed E-state index contributed by atoms with van der Waals surface area (Å²) in [4.78, 5) is 27.8. The molecule has 0 aromatic heterocycles. The first kappa shape index (κ1) is 30.4. The molecule has 2 aliphatic heterocycles. The van der Waals surface area contributed by atoms with E-state index in [0.29, 0.717) is 24.0 Å². The Kier molecular flexibility index (Phi) is 10.4. The highest BCUT2D eigenvalue weighted by atomic mass is 32.2. The molecule has 4 nitrogen and oxygen atoms in total. The van der Waals surface area contributed by atoms with E-state index in [1.54, 1.807) is 0 Å². The van der Waals surface area contributed by atoms with E-state index < -0.39 is 0 Å². The van der Waals surface area contributed by atoms with Crippen LogP contribution in [-0.4, -0.2) is 51.9 Å². The van der Waals surface area contributed by atoms with Crippen LogP contribution < -0.4 is 0 Å². The predicted molar refractivity (Wildman–Crippen MR) is 159 cm³/mol. The number of esters is 1. The minimum absolute atomic E-state index is 0.0215. The topological polar surface area (TPSA) is 46.6 Å². The number of ether oxygens (including phenoxy) is 1. The van der Waals surface area contributed by atoms with Crippen molar-refractivity contribution in [1.29, 1.82) is 0 Å². The molecule has 4 rings (SSSR count). The van der Waals surface area contributed by atoms with Gasteiger partial charge in [0.15, 0.2) is 0 Å². The molecule has 0 N–H and O–H groups in total. The standard InChI is InChI=1S/C33H57NO3S/c1-23(2)38-22-12-10-8-7-9-11-13-31(36)37-25(4)27-14-15-28-26-18-21-34-24(3)30(35)17-20-33(34,6)29(26)16-19-32(27,28)5/h23-29H,7-22H2,1-6H3/t24?,25?,26-,27+,28-,29-,32+,33+/m0/s1. The van der Waals surface area contributed by atoms with Crippen molar-refractivity contribution in [3.8, 4) is 0 Å². The normalized spacial score (nSPS) is 38.0. The van der Waals surface area contributed by atoms with E-state index in [0.717, 1.165) is 49.3 Å². The molecule has 2 saturated heterocycles. The van der Waals surface area contributed by atoms with Crippen LogP contribution in [0.4, 0.5) is 0 Å². The molecule has 38 heavy (non-hydrogen) atoms. The Labute approximate surface area is 238 Å². The maximum atomic E-state index is 12.7. The molecular formula is C33H57NO3S.